The van der Waals surface area contributed by atoms with Crippen LogP contribution in [0.5, 0.6) is 0 Å². The maximum atomic E-state index is 8.38. The van der Waals surface area contributed by atoms with Crippen LogP contribution in [0.4, 0.5) is 0 Å². The SMILES string of the molecule is [2H]C(C)(C)c1cc[n+](C)c(-c2ccc3c(c2C)-c2ccc(C)nc2C3)c1. The van der Waals surface area contributed by atoms with Crippen molar-refractivity contribution >= 4 is 0 Å². The molecular weight excluding hydrogens is 304 g/mol. The average molecular weight is 330 g/mol. The van der Waals surface area contributed by atoms with Crippen molar-refractivity contribution in [3.8, 4) is 22.4 Å². The summed E-state index contributed by atoms with van der Waals surface area (Å²) in [5.41, 5.74) is 10.9. The van der Waals surface area contributed by atoms with Gasteiger partial charge in [0, 0.05) is 36.7 Å². The summed E-state index contributed by atoms with van der Waals surface area (Å²) in [6, 6.07) is 13.0. The van der Waals surface area contributed by atoms with Gasteiger partial charge >= 0.3 is 0 Å². The number of nitrogens with zero attached hydrogens (tertiary/aromatic N) is 2. The fourth-order valence-electron chi connectivity index (χ4n) is 3.87. The number of fused-ring (bicyclic) bond motifs is 3. The molecule has 0 unspecified atom stereocenters. The third-order valence-corrected chi connectivity index (χ3v) is 5.30. The van der Waals surface area contributed by atoms with Crippen LogP contribution in [-0.4, -0.2) is 4.98 Å². The number of aromatic nitrogens is 2. The van der Waals surface area contributed by atoms with Crippen molar-refractivity contribution in [3.63, 3.8) is 0 Å². The van der Waals surface area contributed by atoms with Gasteiger partial charge in [0.25, 0.3) is 0 Å². The van der Waals surface area contributed by atoms with Crippen LogP contribution in [0.2, 0.25) is 0 Å². The van der Waals surface area contributed by atoms with Crippen LogP contribution in [0.3, 0.4) is 0 Å². The molecule has 0 bridgehead atoms. The summed E-state index contributed by atoms with van der Waals surface area (Å²) in [6.07, 6.45) is 2.98. The van der Waals surface area contributed by atoms with Gasteiger partial charge in [0.15, 0.2) is 6.20 Å². The summed E-state index contributed by atoms with van der Waals surface area (Å²) in [4.78, 5) is 4.75. The van der Waals surface area contributed by atoms with Gasteiger partial charge in [-0.05, 0) is 54.1 Å². The van der Waals surface area contributed by atoms with E-state index in [2.05, 4.69) is 62.0 Å². The van der Waals surface area contributed by atoms with E-state index in [0.29, 0.717) is 0 Å². The first kappa shape index (κ1) is 14.8. The van der Waals surface area contributed by atoms with Gasteiger partial charge < -0.3 is 0 Å². The van der Waals surface area contributed by atoms with Gasteiger partial charge in [0.2, 0.25) is 5.69 Å². The highest BCUT2D eigenvalue weighted by Crippen LogP contribution is 2.41. The maximum absolute atomic E-state index is 8.38. The standard InChI is InChI=1S/C23H25N2/c1-14(2)17-10-11-25(5)22(13-17)19-9-7-18-12-21-20(23(18)16(19)4)8-6-15(3)24-21/h6-11,13-14H,12H2,1-5H3/q+1/i14D. The van der Waals surface area contributed by atoms with Crippen LogP contribution in [0.15, 0.2) is 42.6 Å². The second-order valence-corrected chi connectivity index (χ2v) is 7.31. The van der Waals surface area contributed by atoms with Gasteiger partial charge in [0.1, 0.15) is 7.05 Å². The van der Waals surface area contributed by atoms with Crippen LogP contribution in [-0.2, 0) is 13.5 Å². The average Bonchev–Trinajstić information content (AvgIpc) is 2.93. The number of hydrogen-bond donors (Lipinski definition) is 0. The molecule has 1 aliphatic rings. The molecule has 0 N–H and O–H groups in total. The minimum absolute atomic E-state index is 0.609. The minimum Gasteiger partial charge on any atom is -0.257 e. The Hall–Kier alpha value is -2.48. The molecule has 0 saturated heterocycles. The van der Waals surface area contributed by atoms with E-state index < -0.39 is 5.89 Å². The normalized spacial score (nSPS) is 13.4. The third-order valence-electron chi connectivity index (χ3n) is 5.30. The summed E-state index contributed by atoms with van der Waals surface area (Å²) >= 11 is 0. The monoisotopic (exact) mass is 330 g/mol. The predicted molar refractivity (Wildman–Crippen MR) is 103 cm³/mol. The largest absolute Gasteiger partial charge is 0.257 e. The number of hydrogen-bond acceptors (Lipinski definition) is 1. The van der Waals surface area contributed by atoms with Crippen LogP contribution in [0.25, 0.3) is 22.4 Å². The van der Waals surface area contributed by atoms with Crippen LogP contribution >= 0.6 is 0 Å². The summed E-state index contributed by atoms with van der Waals surface area (Å²) in [7, 11) is 2.07. The lowest BCUT2D eigenvalue weighted by atomic mass is 9.93. The summed E-state index contributed by atoms with van der Waals surface area (Å²) in [6.45, 7) is 8.13. The Morgan fingerprint density at radius 2 is 1.84 bits per heavy atom. The fraction of sp³-hybridized carbons (Fsp3) is 0.304. The Kier molecular flexibility index (Phi) is 3.44. The molecule has 2 heterocycles. The molecule has 1 aromatic carbocycles. The fourth-order valence-corrected chi connectivity index (χ4v) is 3.87. The zero-order valence-corrected chi connectivity index (χ0v) is 15.6. The maximum Gasteiger partial charge on any atom is 0.212 e. The predicted octanol–water partition coefficient (Wildman–Crippen LogP) is 4.88. The molecule has 2 heteroatoms. The van der Waals surface area contributed by atoms with Crippen molar-refractivity contribution in [1.29, 1.82) is 0 Å². The molecule has 2 aromatic heterocycles. The zero-order chi connectivity index (χ0) is 18.6. The van der Waals surface area contributed by atoms with E-state index in [0.717, 1.165) is 23.4 Å². The van der Waals surface area contributed by atoms with E-state index in [4.69, 9.17) is 6.35 Å². The number of pyridine rings is 2. The molecule has 0 fully saturated rings. The first-order chi connectivity index (χ1) is 12.3. The Labute approximate surface area is 151 Å². The van der Waals surface area contributed by atoms with Crippen molar-refractivity contribution in [2.24, 2.45) is 7.05 Å². The molecule has 0 aliphatic heterocycles. The van der Waals surface area contributed by atoms with Crippen molar-refractivity contribution in [3.05, 3.63) is 70.7 Å². The van der Waals surface area contributed by atoms with Gasteiger partial charge in [-0.3, -0.25) is 4.98 Å². The molecule has 3 aromatic rings. The second-order valence-electron chi connectivity index (χ2n) is 7.31. The second kappa shape index (κ2) is 5.80. The Morgan fingerprint density at radius 3 is 2.60 bits per heavy atom. The molecule has 1 aliphatic carbocycles. The highest BCUT2D eigenvalue weighted by atomic mass is 14.9. The molecule has 0 spiro atoms. The molecule has 0 radical (unpaired) electrons. The lowest BCUT2D eigenvalue weighted by Gasteiger charge is -2.12. The highest BCUT2D eigenvalue weighted by molar-refractivity contribution is 5.83. The van der Waals surface area contributed by atoms with Gasteiger partial charge in [-0.1, -0.05) is 26.0 Å². The van der Waals surface area contributed by atoms with E-state index in [-0.39, 0.29) is 0 Å². The van der Waals surface area contributed by atoms with E-state index >= 15 is 0 Å². The molecule has 2 nitrogen and oxygen atoms in total. The lowest BCUT2D eigenvalue weighted by molar-refractivity contribution is -0.660. The van der Waals surface area contributed by atoms with Gasteiger partial charge in [0.05, 0.1) is 5.69 Å². The molecule has 0 saturated carbocycles. The third kappa shape index (κ3) is 2.57. The first-order valence-corrected chi connectivity index (χ1v) is 8.85. The molecular formula is C23H25N2+. The van der Waals surface area contributed by atoms with E-state index in [1.165, 1.54) is 33.5 Å². The topological polar surface area (TPSA) is 16.8 Å². The molecule has 4 rings (SSSR count). The summed E-state index contributed by atoms with van der Waals surface area (Å²) in [5, 5.41) is 0. The van der Waals surface area contributed by atoms with Gasteiger partial charge in [-0.2, -0.15) is 0 Å². The van der Waals surface area contributed by atoms with Crippen molar-refractivity contribution in [2.45, 2.75) is 40.0 Å². The van der Waals surface area contributed by atoms with Crippen LogP contribution < -0.4 is 4.57 Å². The van der Waals surface area contributed by atoms with Crippen molar-refractivity contribution in [2.75, 3.05) is 0 Å². The number of aryl methyl sites for hydroxylation is 2. The van der Waals surface area contributed by atoms with E-state index in [9.17, 15) is 0 Å². The minimum atomic E-state index is -0.609. The zero-order valence-electron chi connectivity index (χ0n) is 16.6. The molecule has 0 atom stereocenters. The molecule has 25 heavy (non-hydrogen) atoms. The smallest absolute Gasteiger partial charge is 0.212 e. The van der Waals surface area contributed by atoms with Gasteiger partial charge in [-0.15, -0.1) is 0 Å². The van der Waals surface area contributed by atoms with Crippen molar-refractivity contribution in [1.82, 2.24) is 4.98 Å². The number of benzene rings is 1. The Balaban J connectivity index is 1.92. The Bertz CT molecular complexity index is 1030. The van der Waals surface area contributed by atoms with E-state index in [1.807, 2.05) is 19.9 Å². The first-order valence-electron chi connectivity index (χ1n) is 9.35. The molecule has 126 valence electrons. The van der Waals surface area contributed by atoms with Crippen LogP contribution in [0.1, 0.15) is 49.2 Å². The van der Waals surface area contributed by atoms with E-state index in [1.54, 1.807) is 0 Å². The van der Waals surface area contributed by atoms with Crippen LogP contribution in [0, 0.1) is 13.8 Å². The Morgan fingerprint density at radius 1 is 1.08 bits per heavy atom. The summed E-state index contributed by atoms with van der Waals surface area (Å²) in [5.74, 6) is -0.609. The van der Waals surface area contributed by atoms with Crippen molar-refractivity contribution < 1.29 is 5.94 Å². The molecule has 0 amide bonds. The number of rotatable bonds is 2. The lowest BCUT2D eigenvalue weighted by Crippen LogP contribution is -2.31. The quantitative estimate of drug-likeness (QED) is 0.478. The highest BCUT2D eigenvalue weighted by Gasteiger charge is 2.25. The van der Waals surface area contributed by atoms with Gasteiger partial charge in [-0.25, -0.2) is 4.57 Å². The summed E-state index contributed by atoms with van der Waals surface area (Å²) < 4.78 is 10.5.